The number of carbonyl (C=O) groups is 3. The lowest BCUT2D eigenvalue weighted by Gasteiger charge is -2.07. The molecule has 0 spiro atoms. The molecule has 0 aliphatic carbocycles. The van der Waals surface area contributed by atoms with Crippen molar-refractivity contribution in [3.8, 4) is 0 Å². The molecule has 1 unspecified atom stereocenters. The average Bonchev–Trinajstić information content (AvgIpc) is 2.99. The molecule has 1 rings (SSSR count). The highest BCUT2D eigenvalue weighted by molar-refractivity contribution is 5.86. The minimum atomic E-state index is -1.18. The quantitative estimate of drug-likeness (QED) is 0.301. The van der Waals surface area contributed by atoms with E-state index in [1.54, 1.807) is 11.1 Å². The number of rotatable bonds is 7. The summed E-state index contributed by atoms with van der Waals surface area (Å²) in [6.45, 7) is 11.7. The van der Waals surface area contributed by atoms with Crippen LogP contribution in [0.15, 0.2) is 25.4 Å². The predicted molar refractivity (Wildman–Crippen MR) is 95.3 cm³/mol. The summed E-state index contributed by atoms with van der Waals surface area (Å²) in [5.74, 6) is -1.12. The van der Waals surface area contributed by atoms with Crippen molar-refractivity contribution in [2.24, 2.45) is 5.73 Å². The highest BCUT2D eigenvalue weighted by Crippen LogP contribution is 2.08. The normalized spacial score (nSPS) is 13.8. The van der Waals surface area contributed by atoms with E-state index in [1.165, 1.54) is 6.08 Å². The van der Waals surface area contributed by atoms with Crippen LogP contribution < -0.4 is 16.4 Å². The van der Waals surface area contributed by atoms with Gasteiger partial charge in [-0.05, 0) is 32.5 Å². The molecule has 25 heavy (non-hydrogen) atoms. The van der Waals surface area contributed by atoms with E-state index in [9.17, 15) is 14.4 Å². The van der Waals surface area contributed by atoms with Crippen LogP contribution in [0.1, 0.15) is 26.7 Å². The Labute approximate surface area is 148 Å². The van der Waals surface area contributed by atoms with Gasteiger partial charge in [0.2, 0.25) is 11.8 Å². The summed E-state index contributed by atoms with van der Waals surface area (Å²) in [5.41, 5.74) is 4.77. The number of aliphatic hydroxyl groups excluding tert-OH is 1. The number of likely N-dealkylation sites (tertiary alicyclic amines) is 1. The minimum absolute atomic E-state index is 0.145. The molecule has 0 aromatic rings. The number of carbonyl (C=O) groups excluding carboxylic acids is 2. The Morgan fingerprint density at radius 2 is 2.00 bits per heavy atom. The van der Waals surface area contributed by atoms with Gasteiger partial charge >= 0.3 is 5.97 Å². The maximum atomic E-state index is 10.7. The molecule has 0 saturated carbocycles. The van der Waals surface area contributed by atoms with Crippen LogP contribution in [0.2, 0.25) is 0 Å². The zero-order valence-electron chi connectivity index (χ0n) is 14.9. The Bertz CT molecular complexity index is 440. The monoisotopic (exact) mass is 358 g/mol. The SMILES string of the molecule is C=CC(=O)NCNC(C)C.C=CN1CCCC1=O.NC(CO)C(=O)O. The molecular formula is C16H30N4O5. The lowest BCUT2D eigenvalue weighted by Crippen LogP contribution is -2.36. The summed E-state index contributed by atoms with van der Waals surface area (Å²) < 4.78 is 0. The van der Waals surface area contributed by atoms with Crippen LogP contribution in [-0.4, -0.2) is 64.8 Å². The second kappa shape index (κ2) is 15.3. The van der Waals surface area contributed by atoms with Crippen LogP contribution in [0.4, 0.5) is 0 Å². The molecule has 6 N–H and O–H groups in total. The van der Waals surface area contributed by atoms with E-state index in [0.717, 1.165) is 13.0 Å². The number of carboxylic acid groups (broad SMARTS) is 1. The van der Waals surface area contributed by atoms with Gasteiger partial charge in [0, 0.05) is 19.0 Å². The Morgan fingerprint density at radius 1 is 1.40 bits per heavy atom. The molecule has 0 aromatic carbocycles. The van der Waals surface area contributed by atoms with Crippen molar-refractivity contribution in [3.05, 3.63) is 25.4 Å². The van der Waals surface area contributed by atoms with Gasteiger partial charge in [0.1, 0.15) is 6.04 Å². The first kappa shape index (κ1) is 25.0. The van der Waals surface area contributed by atoms with Gasteiger partial charge in [-0.2, -0.15) is 0 Å². The van der Waals surface area contributed by atoms with E-state index in [-0.39, 0.29) is 11.8 Å². The summed E-state index contributed by atoms with van der Waals surface area (Å²) >= 11 is 0. The number of aliphatic hydroxyl groups is 1. The zero-order chi connectivity index (χ0) is 19.8. The fourth-order valence-electron chi connectivity index (χ4n) is 1.35. The average molecular weight is 358 g/mol. The molecule has 2 amide bonds. The Morgan fingerprint density at radius 3 is 2.24 bits per heavy atom. The number of nitrogens with two attached hydrogens (primary N) is 1. The molecule has 1 heterocycles. The maximum absolute atomic E-state index is 10.7. The van der Waals surface area contributed by atoms with E-state index in [1.807, 2.05) is 13.8 Å². The number of hydrogen-bond acceptors (Lipinski definition) is 6. The van der Waals surface area contributed by atoms with E-state index in [2.05, 4.69) is 23.8 Å². The third-order valence-corrected chi connectivity index (χ3v) is 2.80. The molecule has 0 bridgehead atoms. The molecule has 1 aliphatic heterocycles. The van der Waals surface area contributed by atoms with Crippen LogP contribution >= 0.6 is 0 Å². The zero-order valence-corrected chi connectivity index (χ0v) is 14.9. The molecule has 0 radical (unpaired) electrons. The Balaban J connectivity index is 0. The first-order valence-electron chi connectivity index (χ1n) is 7.84. The Kier molecular flexibility index (Phi) is 15.3. The summed E-state index contributed by atoms with van der Waals surface area (Å²) in [7, 11) is 0. The fraction of sp³-hybridized carbons (Fsp3) is 0.562. The Hall–Kier alpha value is -2.23. The molecular weight excluding hydrogens is 328 g/mol. The van der Waals surface area contributed by atoms with Gasteiger partial charge in [-0.25, -0.2) is 0 Å². The van der Waals surface area contributed by atoms with Gasteiger partial charge in [0.25, 0.3) is 0 Å². The van der Waals surface area contributed by atoms with E-state index in [0.29, 0.717) is 19.1 Å². The number of hydrogen-bond donors (Lipinski definition) is 5. The van der Waals surface area contributed by atoms with Crippen LogP contribution in [0.3, 0.4) is 0 Å². The molecule has 1 fully saturated rings. The van der Waals surface area contributed by atoms with Crippen molar-refractivity contribution in [1.82, 2.24) is 15.5 Å². The predicted octanol–water partition coefficient (Wildman–Crippen LogP) is -0.613. The van der Waals surface area contributed by atoms with Crippen LogP contribution in [0.25, 0.3) is 0 Å². The third-order valence-electron chi connectivity index (χ3n) is 2.80. The first-order chi connectivity index (χ1) is 11.7. The van der Waals surface area contributed by atoms with Gasteiger partial charge in [-0.15, -0.1) is 0 Å². The van der Waals surface area contributed by atoms with Crippen molar-refractivity contribution < 1.29 is 24.6 Å². The summed E-state index contributed by atoms with van der Waals surface area (Å²) in [4.78, 5) is 32.5. The molecule has 1 aliphatic rings. The molecule has 1 atom stereocenters. The third kappa shape index (κ3) is 15.1. The first-order valence-corrected chi connectivity index (χ1v) is 7.84. The second-order valence-electron chi connectivity index (χ2n) is 5.28. The molecule has 144 valence electrons. The topological polar surface area (TPSA) is 145 Å². The van der Waals surface area contributed by atoms with E-state index in [4.69, 9.17) is 15.9 Å². The lowest BCUT2D eigenvalue weighted by molar-refractivity contribution is -0.139. The standard InChI is InChI=1S/C7H14N2O.C6H9NO.C3H7NO3/c1-4-7(10)9-5-8-6(2)3;1-2-7-5-3-4-6(7)8;4-2(1-5)3(6)7/h4,6,8H,1,5H2,2-3H3,(H,9,10);2H,1,3-5H2;2,5H,1,4H2,(H,6,7). The van der Waals surface area contributed by atoms with Gasteiger partial charge in [-0.1, -0.05) is 13.2 Å². The molecule has 9 nitrogen and oxygen atoms in total. The summed E-state index contributed by atoms with van der Waals surface area (Å²) in [6.07, 6.45) is 4.54. The number of nitrogens with one attached hydrogen (secondary N) is 2. The van der Waals surface area contributed by atoms with Crippen molar-refractivity contribution in [1.29, 1.82) is 0 Å². The van der Waals surface area contributed by atoms with Crippen LogP contribution in [0, 0.1) is 0 Å². The number of amides is 2. The molecule has 9 heteroatoms. The van der Waals surface area contributed by atoms with Crippen molar-refractivity contribution in [2.45, 2.75) is 38.8 Å². The summed E-state index contributed by atoms with van der Waals surface area (Å²) in [5, 5.41) is 21.5. The van der Waals surface area contributed by atoms with E-state index >= 15 is 0 Å². The second-order valence-corrected chi connectivity index (χ2v) is 5.28. The molecule has 0 aromatic heterocycles. The highest BCUT2D eigenvalue weighted by atomic mass is 16.4. The number of nitrogens with zero attached hydrogens (tertiary/aromatic N) is 1. The van der Waals surface area contributed by atoms with E-state index < -0.39 is 18.6 Å². The van der Waals surface area contributed by atoms with Crippen molar-refractivity contribution >= 4 is 17.8 Å². The minimum Gasteiger partial charge on any atom is -0.480 e. The maximum Gasteiger partial charge on any atom is 0.322 e. The van der Waals surface area contributed by atoms with Crippen molar-refractivity contribution in [2.75, 3.05) is 19.8 Å². The van der Waals surface area contributed by atoms with Gasteiger partial charge < -0.3 is 26.2 Å². The van der Waals surface area contributed by atoms with Gasteiger partial charge in [0.15, 0.2) is 0 Å². The fourth-order valence-corrected chi connectivity index (χ4v) is 1.35. The highest BCUT2D eigenvalue weighted by Gasteiger charge is 2.16. The van der Waals surface area contributed by atoms with Crippen LogP contribution in [0.5, 0.6) is 0 Å². The summed E-state index contributed by atoms with van der Waals surface area (Å²) in [6, 6.07) is -0.731. The number of aliphatic carboxylic acids is 1. The van der Waals surface area contributed by atoms with Gasteiger partial charge in [0.05, 0.1) is 13.3 Å². The van der Waals surface area contributed by atoms with Crippen molar-refractivity contribution in [3.63, 3.8) is 0 Å². The van der Waals surface area contributed by atoms with Gasteiger partial charge in [-0.3, -0.25) is 19.7 Å². The van der Waals surface area contributed by atoms with Crippen LogP contribution in [-0.2, 0) is 14.4 Å². The smallest absolute Gasteiger partial charge is 0.322 e. The molecule has 1 saturated heterocycles. The largest absolute Gasteiger partial charge is 0.480 e. The number of carboxylic acids is 1. The lowest BCUT2D eigenvalue weighted by atomic mass is 10.3.